The number of unbranched alkanes of at least 4 members (excludes halogenated alkanes) is 4. The minimum atomic E-state index is -0.593. The average molecular weight is 244 g/mol. The third-order valence-electron chi connectivity index (χ3n) is 3.15. The van der Waals surface area contributed by atoms with Crippen molar-refractivity contribution in [2.24, 2.45) is 5.73 Å². The van der Waals surface area contributed by atoms with Gasteiger partial charge in [-0.2, -0.15) is 0 Å². The SMILES string of the molecule is CCCCCCCC(C)(NCCOC)C(N)=O. The highest BCUT2D eigenvalue weighted by molar-refractivity contribution is 5.84. The second-order valence-electron chi connectivity index (χ2n) is 4.78. The quantitative estimate of drug-likeness (QED) is 0.545. The number of hydrogen-bond acceptors (Lipinski definition) is 3. The molecule has 0 aromatic heterocycles. The summed E-state index contributed by atoms with van der Waals surface area (Å²) < 4.78 is 4.96. The summed E-state index contributed by atoms with van der Waals surface area (Å²) in [5.74, 6) is -0.274. The molecule has 1 atom stereocenters. The van der Waals surface area contributed by atoms with Crippen LogP contribution < -0.4 is 11.1 Å². The van der Waals surface area contributed by atoms with Crippen molar-refractivity contribution in [1.82, 2.24) is 5.32 Å². The van der Waals surface area contributed by atoms with Crippen LogP contribution in [0.2, 0.25) is 0 Å². The van der Waals surface area contributed by atoms with Crippen molar-refractivity contribution in [3.05, 3.63) is 0 Å². The van der Waals surface area contributed by atoms with Gasteiger partial charge in [0.1, 0.15) is 0 Å². The van der Waals surface area contributed by atoms with Crippen molar-refractivity contribution in [3.8, 4) is 0 Å². The lowest BCUT2D eigenvalue weighted by molar-refractivity contribution is -0.124. The fraction of sp³-hybridized carbons (Fsp3) is 0.923. The van der Waals surface area contributed by atoms with E-state index in [0.29, 0.717) is 13.2 Å². The van der Waals surface area contributed by atoms with Crippen LogP contribution in [0.4, 0.5) is 0 Å². The molecule has 0 aromatic rings. The van der Waals surface area contributed by atoms with Gasteiger partial charge in [0.2, 0.25) is 5.91 Å². The maximum atomic E-state index is 11.5. The minimum absolute atomic E-state index is 0.274. The van der Waals surface area contributed by atoms with Crippen LogP contribution in [0, 0.1) is 0 Å². The Hall–Kier alpha value is -0.610. The first-order chi connectivity index (χ1) is 8.06. The molecule has 102 valence electrons. The number of carbonyl (C=O) groups is 1. The normalized spacial score (nSPS) is 14.5. The van der Waals surface area contributed by atoms with Gasteiger partial charge in [0.15, 0.2) is 0 Å². The molecule has 0 radical (unpaired) electrons. The molecule has 3 N–H and O–H groups in total. The van der Waals surface area contributed by atoms with E-state index < -0.39 is 5.54 Å². The van der Waals surface area contributed by atoms with Crippen molar-refractivity contribution in [2.75, 3.05) is 20.3 Å². The van der Waals surface area contributed by atoms with Gasteiger partial charge in [-0.3, -0.25) is 4.79 Å². The number of primary amides is 1. The zero-order valence-corrected chi connectivity index (χ0v) is 11.6. The first kappa shape index (κ1) is 16.4. The van der Waals surface area contributed by atoms with Crippen molar-refractivity contribution >= 4 is 5.91 Å². The first-order valence-electron chi connectivity index (χ1n) is 6.60. The van der Waals surface area contributed by atoms with E-state index in [2.05, 4.69) is 12.2 Å². The molecule has 4 heteroatoms. The summed E-state index contributed by atoms with van der Waals surface area (Å²) in [5.41, 5.74) is 4.86. The van der Waals surface area contributed by atoms with Gasteiger partial charge in [0.05, 0.1) is 12.1 Å². The minimum Gasteiger partial charge on any atom is -0.383 e. The number of methoxy groups -OCH3 is 1. The molecule has 0 aliphatic carbocycles. The summed E-state index contributed by atoms with van der Waals surface area (Å²) in [5, 5.41) is 3.19. The summed E-state index contributed by atoms with van der Waals surface area (Å²) in [7, 11) is 1.65. The van der Waals surface area contributed by atoms with Gasteiger partial charge in [-0.25, -0.2) is 0 Å². The Morgan fingerprint density at radius 2 is 1.94 bits per heavy atom. The number of amides is 1. The summed E-state index contributed by atoms with van der Waals surface area (Å²) in [6, 6.07) is 0. The van der Waals surface area contributed by atoms with Crippen LogP contribution in [0.5, 0.6) is 0 Å². The van der Waals surface area contributed by atoms with Gasteiger partial charge in [-0.15, -0.1) is 0 Å². The van der Waals surface area contributed by atoms with Gasteiger partial charge >= 0.3 is 0 Å². The third kappa shape index (κ3) is 7.34. The number of rotatable bonds is 11. The van der Waals surface area contributed by atoms with Crippen LogP contribution in [0.15, 0.2) is 0 Å². The molecule has 0 aliphatic rings. The number of nitrogens with one attached hydrogen (secondary N) is 1. The topological polar surface area (TPSA) is 64.3 Å². The fourth-order valence-electron chi connectivity index (χ4n) is 1.81. The Labute approximate surface area is 105 Å². The Bertz CT molecular complexity index is 210. The molecular weight excluding hydrogens is 216 g/mol. The summed E-state index contributed by atoms with van der Waals surface area (Å²) >= 11 is 0. The highest BCUT2D eigenvalue weighted by Crippen LogP contribution is 2.15. The number of carbonyl (C=O) groups excluding carboxylic acids is 1. The highest BCUT2D eigenvalue weighted by Gasteiger charge is 2.29. The molecule has 0 saturated carbocycles. The molecule has 1 amide bonds. The third-order valence-corrected chi connectivity index (χ3v) is 3.15. The molecule has 0 fully saturated rings. The van der Waals surface area contributed by atoms with Crippen molar-refractivity contribution < 1.29 is 9.53 Å². The lowest BCUT2D eigenvalue weighted by Crippen LogP contribution is -2.53. The smallest absolute Gasteiger partial charge is 0.237 e. The van der Waals surface area contributed by atoms with Crippen molar-refractivity contribution in [3.63, 3.8) is 0 Å². The average Bonchev–Trinajstić information content (AvgIpc) is 2.29. The lowest BCUT2D eigenvalue weighted by Gasteiger charge is -2.27. The van der Waals surface area contributed by atoms with Gasteiger partial charge in [-0.1, -0.05) is 39.0 Å². The van der Waals surface area contributed by atoms with Crippen molar-refractivity contribution in [1.29, 1.82) is 0 Å². The molecule has 0 spiro atoms. The van der Waals surface area contributed by atoms with E-state index in [1.165, 1.54) is 25.7 Å². The molecule has 0 saturated heterocycles. The standard InChI is InChI=1S/C13H28N2O2/c1-4-5-6-7-8-9-13(2,12(14)16)15-10-11-17-3/h15H,4-11H2,1-3H3,(H2,14,16). The Morgan fingerprint density at radius 1 is 1.29 bits per heavy atom. The van der Waals surface area contributed by atoms with Gasteiger partial charge in [0, 0.05) is 13.7 Å². The number of hydrogen-bond donors (Lipinski definition) is 2. The zero-order chi connectivity index (χ0) is 13.1. The highest BCUT2D eigenvalue weighted by atomic mass is 16.5. The Balaban J connectivity index is 3.91. The van der Waals surface area contributed by atoms with E-state index in [4.69, 9.17) is 10.5 Å². The first-order valence-corrected chi connectivity index (χ1v) is 6.60. The summed E-state index contributed by atoms with van der Waals surface area (Å²) in [6.07, 6.45) is 6.75. The predicted octanol–water partition coefficient (Wildman–Crippen LogP) is 1.83. The Morgan fingerprint density at radius 3 is 2.47 bits per heavy atom. The molecule has 0 rings (SSSR count). The second kappa shape index (κ2) is 9.42. The largest absolute Gasteiger partial charge is 0.383 e. The van der Waals surface area contributed by atoms with Gasteiger partial charge in [-0.05, 0) is 13.3 Å². The van der Waals surface area contributed by atoms with E-state index in [1.807, 2.05) is 6.92 Å². The van der Waals surface area contributed by atoms with Crippen LogP contribution in [0.3, 0.4) is 0 Å². The second-order valence-corrected chi connectivity index (χ2v) is 4.78. The zero-order valence-electron chi connectivity index (χ0n) is 11.6. The Kier molecular flexibility index (Phi) is 9.09. The number of nitrogens with two attached hydrogens (primary N) is 1. The molecule has 0 heterocycles. The van der Waals surface area contributed by atoms with Crippen molar-refractivity contribution in [2.45, 2.75) is 57.9 Å². The molecular formula is C13H28N2O2. The molecule has 0 aliphatic heterocycles. The summed E-state index contributed by atoms with van der Waals surface area (Å²) in [6.45, 7) is 5.33. The maximum Gasteiger partial charge on any atom is 0.237 e. The predicted molar refractivity (Wildman–Crippen MR) is 70.9 cm³/mol. The molecule has 4 nitrogen and oxygen atoms in total. The lowest BCUT2D eigenvalue weighted by atomic mass is 9.93. The molecule has 1 unspecified atom stereocenters. The van der Waals surface area contributed by atoms with Crippen LogP contribution in [-0.4, -0.2) is 31.7 Å². The van der Waals surface area contributed by atoms with Crippen LogP contribution >= 0.6 is 0 Å². The fourth-order valence-corrected chi connectivity index (χ4v) is 1.81. The number of ether oxygens (including phenoxy) is 1. The van der Waals surface area contributed by atoms with Gasteiger partial charge in [0.25, 0.3) is 0 Å². The van der Waals surface area contributed by atoms with E-state index in [1.54, 1.807) is 7.11 Å². The van der Waals surface area contributed by atoms with Crippen LogP contribution in [-0.2, 0) is 9.53 Å². The van der Waals surface area contributed by atoms with Gasteiger partial charge < -0.3 is 15.8 Å². The monoisotopic (exact) mass is 244 g/mol. The van der Waals surface area contributed by atoms with E-state index in [0.717, 1.165) is 12.8 Å². The summed E-state index contributed by atoms with van der Waals surface area (Å²) in [4.78, 5) is 11.5. The molecule has 17 heavy (non-hydrogen) atoms. The van der Waals surface area contributed by atoms with E-state index >= 15 is 0 Å². The van der Waals surface area contributed by atoms with E-state index in [-0.39, 0.29) is 5.91 Å². The van der Waals surface area contributed by atoms with Crippen LogP contribution in [0.1, 0.15) is 52.4 Å². The molecule has 0 bridgehead atoms. The maximum absolute atomic E-state index is 11.5. The molecule has 0 aromatic carbocycles. The van der Waals surface area contributed by atoms with Crippen LogP contribution in [0.25, 0.3) is 0 Å². The van der Waals surface area contributed by atoms with E-state index in [9.17, 15) is 4.79 Å².